The molecule has 2 aromatic carbocycles. The van der Waals surface area contributed by atoms with Crippen molar-refractivity contribution >= 4 is 43.8 Å². The number of rotatable bonds is 6. The molecule has 8 heteroatoms. The molecule has 1 aliphatic rings. The van der Waals surface area contributed by atoms with E-state index in [2.05, 4.69) is 23.3 Å². The second-order valence-electron chi connectivity index (χ2n) is 7.69. The smallest absolute Gasteiger partial charge is 0.262 e. The molecule has 5 rings (SSSR count). The van der Waals surface area contributed by atoms with Gasteiger partial charge in [0, 0.05) is 23.5 Å². The summed E-state index contributed by atoms with van der Waals surface area (Å²) in [4.78, 5) is 21.2. The predicted octanol–water partition coefficient (Wildman–Crippen LogP) is 5.04. The third-order valence-corrected chi connectivity index (χ3v) is 7.62. The number of methoxy groups -OCH3 is 1. The molecule has 0 radical (unpaired) electrons. The van der Waals surface area contributed by atoms with Gasteiger partial charge >= 0.3 is 0 Å². The van der Waals surface area contributed by atoms with Crippen LogP contribution in [0, 0.1) is 0 Å². The van der Waals surface area contributed by atoms with E-state index in [0.717, 1.165) is 51.0 Å². The van der Waals surface area contributed by atoms with Crippen molar-refractivity contribution in [3.05, 3.63) is 59.0 Å². The Morgan fingerprint density at radius 2 is 1.91 bits per heavy atom. The number of likely N-dealkylation sites (N-methyl/N-ethyl adjacent to an activating group) is 1. The number of hydrogen-bond acceptors (Lipinski definition) is 7. The number of carbonyl (C=O) groups is 1. The maximum Gasteiger partial charge on any atom is 0.262 e. The van der Waals surface area contributed by atoms with Crippen molar-refractivity contribution in [2.24, 2.45) is 0 Å². The first-order valence-electron chi connectivity index (χ1n) is 10.4. The van der Waals surface area contributed by atoms with E-state index in [1.54, 1.807) is 41.9 Å². The lowest BCUT2D eigenvalue weighted by atomic mass is 10.0. The number of nitrogens with zero attached hydrogens (tertiary/aromatic N) is 2. The fourth-order valence-electron chi connectivity index (χ4n) is 3.81. The molecule has 3 heterocycles. The van der Waals surface area contributed by atoms with Gasteiger partial charge in [-0.3, -0.25) is 4.79 Å². The van der Waals surface area contributed by atoms with E-state index in [1.807, 2.05) is 30.3 Å². The molecule has 0 saturated carbocycles. The zero-order chi connectivity index (χ0) is 22.1. The van der Waals surface area contributed by atoms with E-state index in [1.165, 1.54) is 10.4 Å². The van der Waals surface area contributed by atoms with Gasteiger partial charge in [0.15, 0.2) is 6.61 Å². The Kier molecular flexibility index (Phi) is 5.82. The number of fused-ring (bicyclic) bond motifs is 2. The Labute approximate surface area is 194 Å². The Morgan fingerprint density at radius 3 is 2.69 bits per heavy atom. The number of nitrogens with one attached hydrogen (secondary N) is 1. The minimum Gasteiger partial charge on any atom is -0.497 e. The molecule has 0 aliphatic carbocycles. The zero-order valence-electron chi connectivity index (χ0n) is 17.9. The Hall–Kier alpha value is -2.94. The highest BCUT2D eigenvalue weighted by atomic mass is 32.1. The number of hydrogen-bond donors (Lipinski definition) is 1. The first-order chi connectivity index (χ1) is 15.6. The van der Waals surface area contributed by atoms with Crippen LogP contribution >= 0.6 is 22.7 Å². The van der Waals surface area contributed by atoms with E-state index < -0.39 is 0 Å². The third-order valence-electron chi connectivity index (χ3n) is 5.44. The van der Waals surface area contributed by atoms with Crippen LogP contribution in [-0.2, 0) is 17.8 Å². The predicted molar refractivity (Wildman–Crippen MR) is 130 cm³/mol. The quantitative estimate of drug-likeness (QED) is 0.432. The van der Waals surface area contributed by atoms with E-state index >= 15 is 0 Å². The number of amides is 1. The summed E-state index contributed by atoms with van der Waals surface area (Å²) in [6.45, 7) is 1.82. The van der Waals surface area contributed by atoms with Crippen molar-refractivity contribution in [2.45, 2.75) is 13.0 Å². The fourth-order valence-corrected chi connectivity index (χ4v) is 6.26. The van der Waals surface area contributed by atoms with Gasteiger partial charge in [-0.05, 0) is 55.4 Å². The maximum atomic E-state index is 12.8. The van der Waals surface area contributed by atoms with E-state index in [0.29, 0.717) is 5.75 Å². The average Bonchev–Trinajstić information content (AvgIpc) is 3.38. The lowest BCUT2D eigenvalue weighted by Crippen LogP contribution is -2.25. The molecule has 164 valence electrons. The summed E-state index contributed by atoms with van der Waals surface area (Å²) in [5.74, 6) is 1.19. The first-order valence-corrected chi connectivity index (χ1v) is 12.0. The summed E-state index contributed by atoms with van der Waals surface area (Å²) in [6, 6.07) is 15.3. The van der Waals surface area contributed by atoms with Crippen LogP contribution in [0.5, 0.6) is 11.5 Å². The van der Waals surface area contributed by atoms with Gasteiger partial charge in [-0.2, -0.15) is 0 Å². The van der Waals surface area contributed by atoms with Crippen molar-refractivity contribution in [1.82, 2.24) is 9.88 Å². The summed E-state index contributed by atoms with van der Waals surface area (Å²) < 4.78 is 12.0. The molecule has 1 aliphatic heterocycles. The van der Waals surface area contributed by atoms with Crippen molar-refractivity contribution in [2.75, 3.05) is 32.6 Å². The van der Waals surface area contributed by atoms with Crippen molar-refractivity contribution in [1.29, 1.82) is 0 Å². The Morgan fingerprint density at radius 1 is 1.12 bits per heavy atom. The number of ether oxygens (including phenoxy) is 2. The zero-order valence-corrected chi connectivity index (χ0v) is 19.5. The summed E-state index contributed by atoms with van der Waals surface area (Å²) in [6.07, 6.45) is 0.950. The molecular weight excluding hydrogens is 442 g/mol. The summed E-state index contributed by atoms with van der Waals surface area (Å²) >= 11 is 3.32. The van der Waals surface area contributed by atoms with Crippen LogP contribution in [0.2, 0.25) is 0 Å². The van der Waals surface area contributed by atoms with E-state index in [4.69, 9.17) is 14.5 Å². The molecule has 1 amide bonds. The molecule has 0 saturated heterocycles. The molecule has 6 nitrogen and oxygen atoms in total. The van der Waals surface area contributed by atoms with Gasteiger partial charge in [0.2, 0.25) is 0 Å². The highest BCUT2D eigenvalue weighted by Crippen LogP contribution is 2.45. The van der Waals surface area contributed by atoms with Crippen LogP contribution in [0.1, 0.15) is 10.4 Å². The number of carbonyl (C=O) groups excluding carboxylic acids is 1. The molecular formula is C24H23N3O3S2. The molecule has 1 N–H and O–H groups in total. The van der Waals surface area contributed by atoms with Gasteiger partial charge in [-0.1, -0.05) is 12.1 Å². The average molecular weight is 466 g/mol. The van der Waals surface area contributed by atoms with Crippen molar-refractivity contribution < 1.29 is 14.3 Å². The molecule has 0 unspecified atom stereocenters. The molecule has 4 aromatic rings. The summed E-state index contributed by atoms with van der Waals surface area (Å²) in [5.41, 5.74) is 3.36. The number of anilines is 1. The Bertz CT molecular complexity index is 1230. The second-order valence-corrected chi connectivity index (χ2v) is 9.83. The maximum absolute atomic E-state index is 12.8. The van der Waals surface area contributed by atoms with Gasteiger partial charge in [0.05, 0.1) is 17.3 Å². The number of aromatic nitrogens is 1. The normalized spacial score (nSPS) is 13.7. The van der Waals surface area contributed by atoms with Gasteiger partial charge < -0.3 is 19.7 Å². The first kappa shape index (κ1) is 20.9. The molecule has 0 bridgehead atoms. The molecule has 32 heavy (non-hydrogen) atoms. The number of para-hydroxylation sites is 1. The number of benzene rings is 2. The van der Waals surface area contributed by atoms with Crippen LogP contribution in [0.4, 0.5) is 5.00 Å². The fraction of sp³-hybridized carbons (Fsp3) is 0.250. The van der Waals surface area contributed by atoms with Gasteiger partial charge in [0.1, 0.15) is 21.5 Å². The van der Waals surface area contributed by atoms with Crippen molar-refractivity contribution in [3.63, 3.8) is 0 Å². The minimum atomic E-state index is -0.185. The SMILES string of the molecule is COc1ccc(OCC(=O)Nc2sc3c(c2-c2nc4ccccc4s2)CCN(C)C3)cc1. The van der Waals surface area contributed by atoms with Crippen LogP contribution < -0.4 is 14.8 Å². The van der Waals surface area contributed by atoms with Crippen LogP contribution in [0.15, 0.2) is 48.5 Å². The third kappa shape index (κ3) is 4.21. The highest BCUT2D eigenvalue weighted by molar-refractivity contribution is 7.22. The van der Waals surface area contributed by atoms with Crippen LogP contribution in [0.3, 0.4) is 0 Å². The summed E-state index contributed by atoms with van der Waals surface area (Å²) in [5, 5.41) is 4.91. The molecule has 2 aromatic heterocycles. The monoisotopic (exact) mass is 465 g/mol. The lowest BCUT2D eigenvalue weighted by molar-refractivity contribution is -0.118. The van der Waals surface area contributed by atoms with Crippen LogP contribution in [-0.4, -0.2) is 43.1 Å². The molecule has 0 fully saturated rings. The molecule has 0 spiro atoms. The van der Waals surface area contributed by atoms with E-state index in [9.17, 15) is 4.79 Å². The van der Waals surface area contributed by atoms with Gasteiger partial charge in [0.25, 0.3) is 5.91 Å². The number of thiophene rings is 1. The lowest BCUT2D eigenvalue weighted by Gasteiger charge is -2.22. The Balaban J connectivity index is 1.40. The van der Waals surface area contributed by atoms with Crippen LogP contribution in [0.25, 0.3) is 20.8 Å². The number of thiazole rings is 1. The highest BCUT2D eigenvalue weighted by Gasteiger charge is 2.26. The summed E-state index contributed by atoms with van der Waals surface area (Å²) in [7, 11) is 3.74. The molecule has 0 atom stereocenters. The van der Waals surface area contributed by atoms with Crippen molar-refractivity contribution in [3.8, 4) is 22.1 Å². The van der Waals surface area contributed by atoms with E-state index in [-0.39, 0.29) is 12.5 Å². The second kappa shape index (κ2) is 8.90. The topological polar surface area (TPSA) is 63.7 Å². The van der Waals surface area contributed by atoms with Gasteiger partial charge in [-0.25, -0.2) is 4.98 Å². The van der Waals surface area contributed by atoms with Gasteiger partial charge in [-0.15, -0.1) is 22.7 Å². The standard InChI is InChI=1S/C24H23N3O3S2/c1-27-12-11-17-20(13-27)32-24(22(17)23-25-18-5-3-4-6-19(18)31-23)26-21(28)14-30-16-9-7-15(29-2)8-10-16/h3-10H,11-14H2,1-2H3,(H,26,28). The minimum absolute atomic E-state index is 0.0614. The largest absolute Gasteiger partial charge is 0.497 e.